The second-order valence-electron chi connectivity index (χ2n) is 8.31. The molecule has 6 nitrogen and oxygen atoms in total. The molecule has 2 aromatic heterocycles. The van der Waals surface area contributed by atoms with Crippen LogP contribution in [0.15, 0.2) is 48.5 Å². The number of carbonyl (C=O) groups is 1. The van der Waals surface area contributed by atoms with E-state index < -0.39 is 0 Å². The molecule has 0 aliphatic carbocycles. The lowest BCUT2D eigenvalue weighted by atomic mass is 9.97. The summed E-state index contributed by atoms with van der Waals surface area (Å²) in [5, 5.41) is 7.75. The van der Waals surface area contributed by atoms with E-state index in [0.29, 0.717) is 5.88 Å². The Morgan fingerprint density at radius 2 is 1.97 bits per heavy atom. The zero-order valence-corrected chi connectivity index (χ0v) is 18.1. The summed E-state index contributed by atoms with van der Waals surface area (Å²) in [6.07, 6.45) is 1.96. The van der Waals surface area contributed by atoms with Crippen molar-refractivity contribution in [2.45, 2.75) is 32.7 Å². The van der Waals surface area contributed by atoms with Crippen molar-refractivity contribution in [3.8, 4) is 5.88 Å². The largest absolute Gasteiger partial charge is 0.466 e. The number of ether oxygens (including phenoxy) is 1. The van der Waals surface area contributed by atoms with E-state index in [-0.39, 0.29) is 18.6 Å². The van der Waals surface area contributed by atoms with Crippen molar-refractivity contribution in [2.75, 3.05) is 13.2 Å². The molecule has 0 saturated carbocycles. The highest BCUT2D eigenvalue weighted by atomic mass is 16.5. The van der Waals surface area contributed by atoms with Gasteiger partial charge in [-0.15, -0.1) is 5.10 Å². The molecule has 1 aliphatic heterocycles. The summed E-state index contributed by atoms with van der Waals surface area (Å²) in [6, 6.07) is 16.8. The average molecular weight is 415 g/mol. The molecule has 2 aromatic carbocycles. The van der Waals surface area contributed by atoms with Gasteiger partial charge in [-0.2, -0.15) is 0 Å². The smallest absolute Gasteiger partial charge is 0.261 e. The van der Waals surface area contributed by atoms with E-state index in [1.807, 2.05) is 37.9 Å². The molecule has 6 heteroatoms. The van der Waals surface area contributed by atoms with Crippen molar-refractivity contribution in [3.63, 3.8) is 0 Å². The van der Waals surface area contributed by atoms with Crippen LogP contribution in [0.5, 0.6) is 5.88 Å². The number of aromatic nitrogens is 3. The van der Waals surface area contributed by atoms with Gasteiger partial charge in [-0.05, 0) is 54.7 Å². The average Bonchev–Trinajstić information content (AvgIpc) is 3.37. The molecular weight excluding hydrogens is 388 g/mol. The van der Waals surface area contributed by atoms with Gasteiger partial charge in [-0.25, -0.2) is 9.67 Å². The Balaban J connectivity index is 1.39. The zero-order chi connectivity index (χ0) is 21.5. The van der Waals surface area contributed by atoms with Crippen LogP contribution < -0.4 is 4.74 Å². The van der Waals surface area contributed by atoms with E-state index in [2.05, 4.69) is 46.5 Å². The molecular formula is C25H26N4O2. The Morgan fingerprint density at radius 3 is 2.84 bits per heavy atom. The van der Waals surface area contributed by atoms with Crippen LogP contribution >= 0.6 is 0 Å². The maximum absolute atomic E-state index is 13.2. The molecule has 1 saturated heterocycles. The van der Waals surface area contributed by atoms with E-state index in [9.17, 15) is 4.79 Å². The second kappa shape index (κ2) is 7.69. The third-order valence-corrected chi connectivity index (χ3v) is 6.17. The first-order valence-electron chi connectivity index (χ1n) is 10.7. The highest BCUT2D eigenvalue weighted by Gasteiger charge is 2.31. The van der Waals surface area contributed by atoms with Crippen LogP contribution in [-0.2, 0) is 11.8 Å². The van der Waals surface area contributed by atoms with Crippen LogP contribution in [0.4, 0.5) is 0 Å². The summed E-state index contributed by atoms with van der Waals surface area (Å²) in [7, 11) is 1.85. The molecule has 5 rings (SSSR count). The van der Waals surface area contributed by atoms with Gasteiger partial charge in [0.15, 0.2) is 12.3 Å². The lowest BCUT2D eigenvalue weighted by Gasteiger charge is -2.26. The lowest BCUT2D eigenvalue weighted by Crippen LogP contribution is -2.34. The minimum Gasteiger partial charge on any atom is -0.466 e. The maximum atomic E-state index is 13.2. The van der Waals surface area contributed by atoms with Crippen LogP contribution in [0.3, 0.4) is 0 Å². The monoisotopic (exact) mass is 414 g/mol. The van der Waals surface area contributed by atoms with Gasteiger partial charge in [0.2, 0.25) is 5.88 Å². The summed E-state index contributed by atoms with van der Waals surface area (Å²) in [5.41, 5.74) is 3.97. The quantitative estimate of drug-likeness (QED) is 0.494. The molecule has 1 atom stereocenters. The Bertz CT molecular complexity index is 1290. The molecule has 4 aromatic rings. The Hall–Kier alpha value is -3.41. The fourth-order valence-corrected chi connectivity index (χ4v) is 4.79. The normalized spacial score (nSPS) is 16.4. The fourth-order valence-electron chi connectivity index (χ4n) is 4.79. The number of amides is 1. The number of hydrogen-bond acceptors (Lipinski definition) is 4. The molecule has 1 amide bonds. The topological polar surface area (TPSA) is 60.2 Å². The highest BCUT2D eigenvalue weighted by molar-refractivity contribution is 5.88. The number of aryl methyl sites for hydroxylation is 3. The summed E-state index contributed by atoms with van der Waals surface area (Å²) in [6.45, 7) is 4.70. The Labute approximate surface area is 181 Å². The van der Waals surface area contributed by atoms with Crippen molar-refractivity contribution in [1.29, 1.82) is 0 Å². The van der Waals surface area contributed by atoms with E-state index in [1.165, 1.54) is 16.3 Å². The standard InChI is InChI=1S/C25H26N4O2/c1-16-14-17(2)26-24-23(16)25(27-28(24)3)31-15-22(30)29-13-7-12-21(29)20-11-6-9-18-8-4-5-10-19(18)20/h4-6,8-11,14,21H,7,12-13,15H2,1-3H3. The van der Waals surface area contributed by atoms with Gasteiger partial charge in [-0.3, -0.25) is 4.79 Å². The maximum Gasteiger partial charge on any atom is 0.261 e. The van der Waals surface area contributed by atoms with Gasteiger partial charge in [0.25, 0.3) is 5.91 Å². The van der Waals surface area contributed by atoms with E-state index in [4.69, 9.17) is 4.74 Å². The number of hydrogen-bond donors (Lipinski definition) is 0. The van der Waals surface area contributed by atoms with Crippen molar-refractivity contribution < 1.29 is 9.53 Å². The number of pyridine rings is 1. The summed E-state index contributed by atoms with van der Waals surface area (Å²) >= 11 is 0. The van der Waals surface area contributed by atoms with Crippen LogP contribution in [0, 0.1) is 13.8 Å². The minimum atomic E-state index is -0.0271. The van der Waals surface area contributed by atoms with Crippen LogP contribution in [0.25, 0.3) is 21.8 Å². The highest BCUT2D eigenvalue weighted by Crippen LogP contribution is 2.36. The molecule has 0 N–H and O–H groups in total. The van der Waals surface area contributed by atoms with Crippen molar-refractivity contribution in [2.24, 2.45) is 7.05 Å². The summed E-state index contributed by atoms with van der Waals surface area (Å²) < 4.78 is 7.66. The lowest BCUT2D eigenvalue weighted by molar-refractivity contribution is -0.134. The van der Waals surface area contributed by atoms with Crippen molar-refractivity contribution in [1.82, 2.24) is 19.7 Å². The van der Waals surface area contributed by atoms with Gasteiger partial charge in [0.05, 0.1) is 11.4 Å². The van der Waals surface area contributed by atoms with Gasteiger partial charge in [-0.1, -0.05) is 42.5 Å². The van der Waals surface area contributed by atoms with Crippen LogP contribution in [-0.4, -0.2) is 38.7 Å². The minimum absolute atomic E-state index is 0.00744. The molecule has 31 heavy (non-hydrogen) atoms. The van der Waals surface area contributed by atoms with Gasteiger partial charge >= 0.3 is 0 Å². The van der Waals surface area contributed by atoms with Crippen LogP contribution in [0.1, 0.15) is 35.7 Å². The summed E-state index contributed by atoms with van der Waals surface area (Å²) in [4.78, 5) is 19.7. The number of rotatable bonds is 4. The number of carbonyl (C=O) groups excluding carboxylic acids is 1. The van der Waals surface area contributed by atoms with Gasteiger partial charge in [0.1, 0.15) is 0 Å². The summed E-state index contributed by atoms with van der Waals surface area (Å²) in [5.74, 6) is 0.462. The van der Waals surface area contributed by atoms with E-state index >= 15 is 0 Å². The third-order valence-electron chi connectivity index (χ3n) is 6.17. The molecule has 1 aliphatic rings. The number of benzene rings is 2. The number of nitrogens with zero attached hydrogens (tertiary/aromatic N) is 4. The molecule has 0 bridgehead atoms. The molecule has 3 heterocycles. The molecule has 1 fully saturated rings. The molecule has 1 unspecified atom stereocenters. The van der Waals surface area contributed by atoms with Crippen molar-refractivity contribution in [3.05, 3.63) is 65.4 Å². The molecule has 0 radical (unpaired) electrons. The predicted octanol–water partition coefficient (Wildman–Crippen LogP) is 4.48. The first-order chi connectivity index (χ1) is 15.0. The van der Waals surface area contributed by atoms with Crippen LogP contribution in [0.2, 0.25) is 0 Å². The fraction of sp³-hybridized carbons (Fsp3) is 0.320. The van der Waals surface area contributed by atoms with E-state index in [1.54, 1.807) is 4.68 Å². The first kappa shape index (κ1) is 19.5. The third kappa shape index (κ3) is 3.42. The number of likely N-dealkylation sites (tertiary alicyclic amines) is 1. The zero-order valence-electron chi connectivity index (χ0n) is 18.1. The Kier molecular flexibility index (Phi) is 4.85. The van der Waals surface area contributed by atoms with E-state index in [0.717, 1.165) is 41.7 Å². The number of fused-ring (bicyclic) bond motifs is 2. The van der Waals surface area contributed by atoms with Crippen molar-refractivity contribution >= 4 is 27.7 Å². The second-order valence-corrected chi connectivity index (χ2v) is 8.31. The van der Waals surface area contributed by atoms with Gasteiger partial charge < -0.3 is 9.64 Å². The first-order valence-corrected chi connectivity index (χ1v) is 10.7. The van der Waals surface area contributed by atoms with Gasteiger partial charge in [0, 0.05) is 19.3 Å². The molecule has 158 valence electrons. The SMILES string of the molecule is Cc1cc(C)c2c(OCC(=O)N3CCCC3c3cccc4ccccc34)nn(C)c2n1. The predicted molar refractivity (Wildman–Crippen MR) is 121 cm³/mol. The molecule has 0 spiro atoms. The Morgan fingerprint density at radius 1 is 1.16 bits per heavy atom.